The van der Waals surface area contributed by atoms with Crippen LogP contribution in [0.25, 0.3) is 11.2 Å². The number of nitrogens with two attached hydrogens (primary N) is 1. The van der Waals surface area contributed by atoms with Gasteiger partial charge in [0.15, 0.2) is 11.5 Å². The Labute approximate surface area is 254 Å². The van der Waals surface area contributed by atoms with Crippen molar-refractivity contribution in [3.05, 3.63) is 12.7 Å². The number of fused-ring (bicyclic) bond motifs is 1. The highest BCUT2D eigenvalue weighted by atomic mass is 31.2. The lowest BCUT2D eigenvalue weighted by atomic mass is 10.0. The van der Waals surface area contributed by atoms with E-state index in [4.69, 9.17) is 24.3 Å². The Balaban J connectivity index is 1.44. The van der Waals surface area contributed by atoms with Crippen molar-refractivity contribution in [2.45, 2.75) is 136 Å². The van der Waals surface area contributed by atoms with Crippen LogP contribution in [0.5, 0.6) is 0 Å². The molecular formula is C31H58N5O5P. The van der Waals surface area contributed by atoms with Crippen molar-refractivity contribution in [3.63, 3.8) is 0 Å². The number of imidazole rings is 1. The molecule has 2 rings (SSSR count). The van der Waals surface area contributed by atoms with Crippen LogP contribution in [0.1, 0.15) is 124 Å². The van der Waals surface area contributed by atoms with Gasteiger partial charge in [0.2, 0.25) is 0 Å². The molecule has 10 nitrogen and oxygen atoms in total. The number of rotatable bonds is 28. The Morgan fingerprint density at radius 1 is 0.786 bits per heavy atom. The molecule has 0 bridgehead atoms. The highest BCUT2D eigenvalue weighted by Crippen LogP contribution is 2.48. The molecule has 2 heterocycles. The molecule has 11 heteroatoms. The molecule has 0 fully saturated rings. The summed E-state index contributed by atoms with van der Waals surface area (Å²) in [4.78, 5) is 12.5. The summed E-state index contributed by atoms with van der Waals surface area (Å²) in [6.45, 7) is 7.97. The van der Waals surface area contributed by atoms with Gasteiger partial charge in [0.05, 0.1) is 38.8 Å². The molecule has 2 unspecified atom stereocenters. The largest absolute Gasteiger partial charge is 0.382 e. The van der Waals surface area contributed by atoms with Crippen LogP contribution in [0.15, 0.2) is 12.7 Å². The van der Waals surface area contributed by atoms with Crippen molar-refractivity contribution in [1.82, 2.24) is 19.5 Å². The molecule has 0 radical (unpaired) electrons. The van der Waals surface area contributed by atoms with Gasteiger partial charge < -0.3 is 28.8 Å². The van der Waals surface area contributed by atoms with E-state index in [1.165, 1.54) is 103 Å². The second kappa shape index (κ2) is 22.9. The zero-order chi connectivity index (χ0) is 30.3. The molecule has 0 aliphatic carbocycles. The van der Waals surface area contributed by atoms with Gasteiger partial charge in [0.25, 0.3) is 0 Å². The zero-order valence-electron chi connectivity index (χ0n) is 26.6. The highest BCUT2D eigenvalue weighted by Gasteiger charge is 2.26. The van der Waals surface area contributed by atoms with Crippen LogP contribution >= 0.6 is 7.60 Å². The molecule has 2 atom stereocenters. The quantitative estimate of drug-likeness (QED) is 0.0747. The first-order chi connectivity index (χ1) is 20.5. The highest BCUT2D eigenvalue weighted by molar-refractivity contribution is 7.53. The summed E-state index contributed by atoms with van der Waals surface area (Å²) in [5, 5.41) is 0. The van der Waals surface area contributed by atoms with Gasteiger partial charge in [-0.15, -0.1) is 0 Å². The van der Waals surface area contributed by atoms with Crippen molar-refractivity contribution in [2.75, 3.05) is 38.5 Å². The number of hydrogen-bond acceptors (Lipinski definition) is 9. The molecule has 42 heavy (non-hydrogen) atoms. The predicted octanol–water partition coefficient (Wildman–Crippen LogP) is 8.30. The van der Waals surface area contributed by atoms with Gasteiger partial charge in [0, 0.05) is 6.61 Å². The van der Waals surface area contributed by atoms with Gasteiger partial charge in [-0.05, 0) is 20.3 Å². The minimum atomic E-state index is -3.39. The molecule has 0 saturated carbocycles. The van der Waals surface area contributed by atoms with E-state index in [1.807, 2.05) is 11.5 Å². The summed E-state index contributed by atoms with van der Waals surface area (Å²) >= 11 is 0. The van der Waals surface area contributed by atoms with Gasteiger partial charge in [0.1, 0.15) is 18.2 Å². The van der Waals surface area contributed by atoms with Crippen LogP contribution in [0.3, 0.4) is 0 Å². The predicted molar refractivity (Wildman–Crippen MR) is 171 cm³/mol. The first kappa shape index (κ1) is 36.6. The molecule has 0 saturated heterocycles. The van der Waals surface area contributed by atoms with E-state index in [-0.39, 0.29) is 25.7 Å². The average molecular weight is 612 g/mol. The first-order valence-corrected chi connectivity index (χ1v) is 18.2. The first-order valence-electron chi connectivity index (χ1n) is 16.5. The normalized spacial score (nSPS) is 14.0. The van der Waals surface area contributed by atoms with E-state index in [9.17, 15) is 4.57 Å². The standard InChI is InChI=1S/C31H58N5O5P/c1-4-6-7-8-9-10-11-12-13-14-15-16-17-18-19-20-21-38-22-23-41-42(37,40-5-2)27-39-28(3)24-36-26-35-29-30(32)33-25-34-31(29)36/h25-26,28H,4-24,27H2,1-3H3,(H2,32,33,34). The van der Waals surface area contributed by atoms with Gasteiger partial charge in [-0.1, -0.05) is 103 Å². The monoisotopic (exact) mass is 611 g/mol. The third-order valence-electron chi connectivity index (χ3n) is 7.38. The number of nitrogens with zero attached hydrogens (tertiary/aromatic N) is 4. The van der Waals surface area contributed by atoms with Gasteiger partial charge in [-0.3, -0.25) is 4.57 Å². The molecule has 0 aromatic carbocycles. The molecule has 2 aromatic heterocycles. The second-order valence-electron chi connectivity index (χ2n) is 11.2. The molecule has 242 valence electrons. The molecule has 2 aromatic rings. The summed E-state index contributed by atoms with van der Waals surface area (Å²) in [6.07, 6.45) is 24.2. The van der Waals surface area contributed by atoms with Crippen molar-refractivity contribution >= 4 is 24.6 Å². The van der Waals surface area contributed by atoms with Crippen molar-refractivity contribution < 1.29 is 23.1 Å². The lowest BCUT2D eigenvalue weighted by Gasteiger charge is -2.20. The number of nitrogen functional groups attached to an aromatic ring is 1. The Morgan fingerprint density at radius 2 is 1.38 bits per heavy atom. The summed E-state index contributed by atoms with van der Waals surface area (Å²) in [5.74, 6) is 0.332. The maximum Gasteiger partial charge on any atom is 0.356 e. The fraction of sp³-hybridized carbons (Fsp3) is 0.839. The van der Waals surface area contributed by atoms with Gasteiger partial charge in [-0.25, -0.2) is 15.0 Å². The Morgan fingerprint density at radius 3 is 1.98 bits per heavy atom. The Hall–Kier alpha value is -1.58. The fourth-order valence-electron chi connectivity index (χ4n) is 4.98. The van der Waals surface area contributed by atoms with E-state index in [1.54, 1.807) is 13.3 Å². The SMILES string of the molecule is CCCCCCCCCCCCCCCCCCOCCOP(=O)(COC(C)Cn1cnc2c(N)ncnc21)OCC. The van der Waals surface area contributed by atoms with E-state index in [2.05, 4.69) is 21.9 Å². The van der Waals surface area contributed by atoms with Crippen LogP contribution in [-0.4, -0.2) is 58.4 Å². The molecule has 0 amide bonds. The van der Waals surface area contributed by atoms with E-state index >= 15 is 0 Å². The van der Waals surface area contributed by atoms with Crippen LogP contribution in [0, 0.1) is 0 Å². The third kappa shape index (κ3) is 15.8. The smallest absolute Gasteiger partial charge is 0.356 e. The van der Waals surface area contributed by atoms with Crippen LogP contribution < -0.4 is 5.73 Å². The number of aromatic nitrogens is 4. The van der Waals surface area contributed by atoms with E-state index in [0.29, 0.717) is 36.7 Å². The number of ether oxygens (including phenoxy) is 2. The Kier molecular flexibility index (Phi) is 20.0. The minimum Gasteiger partial charge on any atom is -0.382 e. The lowest BCUT2D eigenvalue weighted by Crippen LogP contribution is -2.18. The van der Waals surface area contributed by atoms with Crippen molar-refractivity contribution in [2.24, 2.45) is 0 Å². The number of unbranched alkanes of at least 4 members (excludes halogenated alkanes) is 15. The third-order valence-corrected chi connectivity index (χ3v) is 9.08. The second-order valence-corrected chi connectivity index (χ2v) is 13.2. The fourth-order valence-corrected chi connectivity index (χ4v) is 6.39. The van der Waals surface area contributed by atoms with E-state index in [0.717, 1.165) is 6.42 Å². The summed E-state index contributed by atoms with van der Waals surface area (Å²) in [6, 6.07) is 0. The van der Waals surface area contributed by atoms with Crippen LogP contribution in [0.2, 0.25) is 0 Å². The number of hydrogen-bond donors (Lipinski definition) is 1. The topological polar surface area (TPSA) is 124 Å². The maximum absolute atomic E-state index is 13.1. The molecule has 0 aliphatic rings. The lowest BCUT2D eigenvalue weighted by molar-refractivity contribution is 0.0550. The molecular weight excluding hydrogens is 553 g/mol. The van der Waals surface area contributed by atoms with Gasteiger partial charge in [-0.2, -0.15) is 0 Å². The number of anilines is 1. The van der Waals surface area contributed by atoms with Crippen LogP contribution in [-0.2, 0) is 29.6 Å². The maximum atomic E-state index is 13.1. The average Bonchev–Trinajstić information content (AvgIpc) is 3.39. The zero-order valence-corrected chi connectivity index (χ0v) is 27.5. The van der Waals surface area contributed by atoms with Crippen molar-refractivity contribution in [1.29, 1.82) is 0 Å². The summed E-state index contributed by atoms with van der Waals surface area (Å²) in [5.41, 5.74) is 7.03. The minimum absolute atomic E-state index is 0.134. The summed E-state index contributed by atoms with van der Waals surface area (Å²) in [7, 11) is -3.39. The summed E-state index contributed by atoms with van der Waals surface area (Å²) < 4.78 is 37.5. The van der Waals surface area contributed by atoms with Crippen LogP contribution in [0.4, 0.5) is 5.82 Å². The molecule has 2 N–H and O–H groups in total. The van der Waals surface area contributed by atoms with Gasteiger partial charge >= 0.3 is 7.60 Å². The molecule has 0 aliphatic heterocycles. The molecule has 0 spiro atoms. The Bertz CT molecular complexity index is 992. The van der Waals surface area contributed by atoms with E-state index < -0.39 is 7.60 Å². The van der Waals surface area contributed by atoms with Crippen molar-refractivity contribution in [3.8, 4) is 0 Å².